The van der Waals surface area contributed by atoms with Gasteiger partial charge in [0, 0.05) is 12.2 Å². The molecule has 0 aliphatic rings. The van der Waals surface area contributed by atoms with Crippen LogP contribution in [0.15, 0.2) is 29.2 Å². The molecule has 0 fully saturated rings. The first-order chi connectivity index (χ1) is 8.39. The van der Waals surface area contributed by atoms with Gasteiger partial charge in [-0.15, -0.1) is 0 Å². The van der Waals surface area contributed by atoms with Crippen LogP contribution < -0.4 is 11.1 Å². The number of sulfone groups is 1. The number of nitrogen functional groups attached to an aromatic ring is 1. The highest BCUT2D eigenvalue weighted by atomic mass is 32.2. The van der Waals surface area contributed by atoms with Gasteiger partial charge in [-0.1, -0.05) is 6.92 Å². The molecule has 0 spiro atoms. The van der Waals surface area contributed by atoms with Gasteiger partial charge in [-0.25, -0.2) is 8.42 Å². The molecule has 0 aromatic heterocycles. The van der Waals surface area contributed by atoms with Gasteiger partial charge in [0.05, 0.1) is 4.90 Å². The standard InChI is InChI=1S/C12H18N2O3S/c1-3-8-14-12(15)9(2)18(16,17)11-6-4-10(13)5-7-11/h4-7,9H,3,8,13H2,1-2H3,(H,14,15). The lowest BCUT2D eigenvalue weighted by Gasteiger charge is -2.13. The monoisotopic (exact) mass is 270 g/mol. The number of amides is 1. The van der Waals surface area contributed by atoms with Gasteiger partial charge in [0.15, 0.2) is 9.84 Å². The van der Waals surface area contributed by atoms with E-state index in [9.17, 15) is 13.2 Å². The molecule has 0 saturated heterocycles. The number of nitrogens with one attached hydrogen (secondary N) is 1. The number of hydrogen-bond donors (Lipinski definition) is 2. The molecule has 18 heavy (non-hydrogen) atoms. The summed E-state index contributed by atoms with van der Waals surface area (Å²) in [4.78, 5) is 11.8. The molecule has 6 heteroatoms. The molecule has 0 saturated carbocycles. The molecule has 1 aromatic carbocycles. The zero-order chi connectivity index (χ0) is 13.8. The Labute approximate surface area is 107 Å². The highest BCUT2D eigenvalue weighted by Gasteiger charge is 2.29. The van der Waals surface area contributed by atoms with E-state index in [4.69, 9.17) is 5.73 Å². The third-order valence-corrected chi connectivity index (χ3v) is 4.67. The van der Waals surface area contributed by atoms with Crippen LogP contribution >= 0.6 is 0 Å². The van der Waals surface area contributed by atoms with E-state index in [1.165, 1.54) is 31.2 Å². The van der Waals surface area contributed by atoms with Crippen molar-refractivity contribution in [3.8, 4) is 0 Å². The van der Waals surface area contributed by atoms with Crippen LogP contribution in [0.25, 0.3) is 0 Å². The smallest absolute Gasteiger partial charge is 0.238 e. The van der Waals surface area contributed by atoms with Crippen molar-refractivity contribution in [3.63, 3.8) is 0 Å². The lowest BCUT2D eigenvalue weighted by atomic mass is 10.3. The summed E-state index contributed by atoms with van der Waals surface area (Å²) in [5, 5.41) is 1.47. The second kappa shape index (κ2) is 5.86. The molecular formula is C12H18N2O3S. The first-order valence-electron chi connectivity index (χ1n) is 5.76. The minimum atomic E-state index is -3.65. The van der Waals surface area contributed by atoms with Crippen LogP contribution in [0.5, 0.6) is 0 Å². The van der Waals surface area contributed by atoms with E-state index >= 15 is 0 Å². The third-order valence-electron chi connectivity index (χ3n) is 2.59. The summed E-state index contributed by atoms with van der Waals surface area (Å²) in [6.45, 7) is 3.76. The minimum Gasteiger partial charge on any atom is -0.399 e. The Morgan fingerprint density at radius 2 is 1.89 bits per heavy atom. The van der Waals surface area contributed by atoms with Crippen molar-refractivity contribution in [2.75, 3.05) is 12.3 Å². The minimum absolute atomic E-state index is 0.107. The Balaban J connectivity index is 2.92. The summed E-state index contributed by atoms with van der Waals surface area (Å²) in [7, 11) is -3.65. The highest BCUT2D eigenvalue weighted by molar-refractivity contribution is 7.92. The number of benzene rings is 1. The molecule has 1 amide bonds. The fraction of sp³-hybridized carbons (Fsp3) is 0.417. The molecule has 1 rings (SSSR count). The van der Waals surface area contributed by atoms with Crippen LogP contribution in [0.2, 0.25) is 0 Å². The zero-order valence-corrected chi connectivity index (χ0v) is 11.3. The summed E-state index contributed by atoms with van der Waals surface area (Å²) in [5.41, 5.74) is 5.98. The summed E-state index contributed by atoms with van der Waals surface area (Å²) >= 11 is 0. The summed E-state index contributed by atoms with van der Waals surface area (Å²) < 4.78 is 24.3. The van der Waals surface area contributed by atoms with Gasteiger partial charge in [-0.2, -0.15) is 0 Å². The van der Waals surface area contributed by atoms with E-state index in [0.717, 1.165) is 6.42 Å². The Kier molecular flexibility index (Phi) is 4.72. The van der Waals surface area contributed by atoms with Gasteiger partial charge in [0.1, 0.15) is 5.25 Å². The maximum absolute atomic E-state index is 12.1. The molecule has 0 radical (unpaired) electrons. The fourth-order valence-corrected chi connectivity index (χ4v) is 2.68. The van der Waals surface area contributed by atoms with E-state index in [1.54, 1.807) is 0 Å². The van der Waals surface area contributed by atoms with Gasteiger partial charge in [-0.3, -0.25) is 4.79 Å². The average molecular weight is 270 g/mol. The van der Waals surface area contributed by atoms with Crippen LogP contribution in [-0.4, -0.2) is 26.1 Å². The molecule has 1 aromatic rings. The first kappa shape index (κ1) is 14.5. The van der Waals surface area contributed by atoms with Gasteiger partial charge in [-0.05, 0) is 37.6 Å². The molecule has 100 valence electrons. The molecule has 3 N–H and O–H groups in total. The van der Waals surface area contributed by atoms with Crippen molar-refractivity contribution in [1.29, 1.82) is 0 Å². The molecule has 5 nitrogen and oxygen atoms in total. The maximum atomic E-state index is 12.1. The summed E-state index contributed by atoms with van der Waals surface area (Å²) in [5.74, 6) is -0.478. The second-order valence-corrected chi connectivity index (χ2v) is 6.32. The topological polar surface area (TPSA) is 89.3 Å². The lowest BCUT2D eigenvalue weighted by Crippen LogP contribution is -2.38. The first-order valence-corrected chi connectivity index (χ1v) is 7.31. The number of nitrogens with two attached hydrogens (primary N) is 1. The quantitative estimate of drug-likeness (QED) is 0.780. The number of rotatable bonds is 5. The zero-order valence-electron chi connectivity index (χ0n) is 10.5. The Morgan fingerprint density at radius 3 is 2.39 bits per heavy atom. The Hall–Kier alpha value is -1.56. The van der Waals surface area contributed by atoms with Crippen molar-refractivity contribution >= 4 is 21.4 Å². The van der Waals surface area contributed by atoms with E-state index in [1.807, 2.05) is 6.92 Å². The van der Waals surface area contributed by atoms with E-state index in [-0.39, 0.29) is 4.90 Å². The predicted molar refractivity (Wildman–Crippen MR) is 70.8 cm³/mol. The predicted octanol–water partition coefficient (Wildman–Crippen LogP) is 0.957. The fourth-order valence-electron chi connectivity index (χ4n) is 1.39. The van der Waals surface area contributed by atoms with Crippen LogP contribution in [0.1, 0.15) is 20.3 Å². The van der Waals surface area contributed by atoms with Crippen molar-refractivity contribution in [2.24, 2.45) is 0 Å². The molecule has 0 aliphatic heterocycles. The van der Waals surface area contributed by atoms with E-state index in [0.29, 0.717) is 12.2 Å². The molecule has 0 bridgehead atoms. The SMILES string of the molecule is CCCNC(=O)C(C)S(=O)(=O)c1ccc(N)cc1. The van der Waals surface area contributed by atoms with E-state index < -0.39 is 21.0 Å². The largest absolute Gasteiger partial charge is 0.399 e. The molecular weight excluding hydrogens is 252 g/mol. The Morgan fingerprint density at radius 1 is 1.33 bits per heavy atom. The summed E-state index contributed by atoms with van der Waals surface area (Å²) in [6, 6.07) is 5.83. The number of carbonyl (C=O) groups is 1. The highest BCUT2D eigenvalue weighted by Crippen LogP contribution is 2.17. The van der Waals surface area contributed by atoms with Crippen LogP contribution in [0.3, 0.4) is 0 Å². The van der Waals surface area contributed by atoms with Gasteiger partial charge in [0.25, 0.3) is 0 Å². The van der Waals surface area contributed by atoms with Gasteiger partial charge in [0.2, 0.25) is 5.91 Å². The number of carbonyl (C=O) groups excluding carboxylic acids is 1. The number of hydrogen-bond acceptors (Lipinski definition) is 4. The van der Waals surface area contributed by atoms with E-state index in [2.05, 4.69) is 5.32 Å². The van der Waals surface area contributed by atoms with Gasteiger partial charge < -0.3 is 11.1 Å². The third kappa shape index (κ3) is 3.22. The lowest BCUT2D eigenvalue weighted by molar-refractivity contribution is -0.120. The number of anilines is 1. The normalized spacial score (nSPS) is 13.0. The summed E-state index contributed by atoms with van der Waals surface area (Å²) in [6.07, 6.45) is 0.764. The molecule has 1 atom stereocenters. The van der Waals surface area contributed by atoms with Crippen molar-refractivity contribution in [2.45, 2.75) is 30.4 Å². The van der Waals surface area contributed by atoms with Crippen LogP contribution in [-0.2, 0) is 14.6 Å². The molecule has 0 aliphatic carbocycles. The van der Waals surface area contributed by atoms with Crippen molar-refractivity contribution in [1.82, 2.24) is 5.32 Å². The maximum Gasteiger partial charge on any atom is 0.238 e. The average Bonchev–Trinajstić information content (AvgIpc) is 2.35. The second-order valence-electron chi connectivity index (χ2n) is 4.05. The van der Waals surface area contributed by atoms with Crippen molar-refractivity contribution in [3.05, 3.63) is 24.3 Å². The van der Waals surface area contributed by atoms with Crippen LogP contribution in [0, 0.1) is 0 Å². The van der Waals surface area contributed by atoms with Gasteiger partial charge >= 0.3 is 0 Å². The van der Waals surface area contributed by atoms with Crippen molar-refractivity contribution < 1.29 is 13.2 Å². The molecule has 0 heterocycles. The van der Waals surface area contributed by atoms with Crippen LogP contribution in [0.4, 0.5) is 5.69 Å². The Bertz CT molecular complexity index is 509. The molecule has 1 unspecified atom stereocenters.